The molecule has 1 unspecified atom stereocenters. The number of ether oxygens (including phenoxy) is 1. The molecule has 0 radical (unpaired) electrons. The fourth-order valence-corrected chi connectivity index (χ4v) is 5.39. The van der Waals surface area contributed by atoms with Gasteiger partial charge in [-0.3, -0.25) is 4.57 Å². The summed E-state index contributed by atoms with van der Waals surface area (Å²) in [6.45, 7) is 7.62. The Labute approximate surface area is 222 Å². The first-order chi connectivity index (χ1) is 18.6. The zero-order chi connectivity index (χ0) is 27.7. The Bertz CT molecular complexity index is 1700. The van der Waals surface area contributed by atoms with Crippen LogP contribution >= 0.6 is 0 Å². The van der Waals surface area contributed by atoms with Gasteiger partial charge in [0.05, 0.1) is 28.4 Å². The standard InChI is InChI=1S/C26H23F3N6O3S/c1-30-21-7-5-6-16(31-21)13-17-14-19(33-18-10-9-15(27)12-20(18)39(2,36)37)23-25(32-17)35(26(34-23)24(28)29)22-8-3-4-11-38-22/h5-7,9-10,12,14,22,24H,3-4,8,11,13H2,2H3,(H,32,33). The normalized spacial score (nSPS) is 15.9. The summed E-state index contributed by atoms with van der Waals surface area (Å²) < 4.78 is 74.3. The summed E-state index contributed by atoms with van der Waals surface area (Å²) in [7, 11) is -3.85. The number of sulfone groups is 1. The average Bonchev–Trinajstić information content (AvgIpc) is 3.30. The number of pyridine rings is 2. The number of benzene rings is 1. The minimum Gasteiger partial charge on any atom is -0.361 e. The van der Waals surface area contributed by atoms with Crippen LogP contribution in [0, 0.1) is 12.4 Å². The van der Waals surface area contributed by atoms with Gasteiger partial charge in [0.1, 0.15) is 23.3 Å². The first-order valence-electron chi connectivity index (χ1n) is 12.1. The number of imidazole rings is 1. The van der Waals surface area contributed by atoms with E-state index in [1.165, 1.54) is 10.6 Å². The van der Waals surface area contributed by atoms with Crippen LogP contribution in [0.4, 0.5) is 30.4 Å². The molecule has 39 heavy (non-hydrogen) atoms. The van der Waals surface area contributed by atoms with E-state index in [1.807, 2.05) is 0 Å². The van der Waals surface area contributed by atoms with Crippen molar-refractivity contribution in [3.8, 4) is 0 Å². The Morgan fingerprint density at radius 2 is 1.95 bits per heavy atom. The van der Waals surface area contributed by atoms with Crippen molar-refractivity contribution in [1.82, 2.24) is 19.5 Å². The number of anilines is 2. The van der Waals surface area contributed by atoms with Crippen molar-refractivity contribution in [2.45, 2.75) is 43.2 Å². The number of nitrogens with one attached hydrogen (secondary N) is 1. The smallest absolute Gasteiger partial charge is 0.295 e. The largest absolute Gasteiger partial charge is 0.361 e. The Hall–Kier alpha value is -4.02. The van der Waals surface area contributed by atoms with Gasteiger partial charge in [-0.05, 0) is 55.7 Å². The molecule has 1 atom stereocenters. The minimum absolute atomic E-state index is 0.0486. The molecular formula is C26H23F3N6O3S. The Morgan fingerprint density at radius 3 is 2.64 bits per heavy atom. The van der Waals surface area contributed by atoms with Gasteiger partial charge in [-0.1, -0.05) is 12.6 Å². The lowest BCUT2D eigenvalue weighted by Gasteiger charge is -2.25. The third kappa shape index (κ3) is 5.57. The molecule has 0 amide bonds. The molecule has 1 saturated heterocycles. The van der Waals surface area contributed by atoms with Gasteiger partial charge < -0.3 is 14.9 Å². The molecule has 0 bridgehead atoms. The number of nitrogens with zero attached hydrogens (tertiary/aromatic N) is 5. The molecule has 0 aliphatic carbocycles. The van der Waals surface area contributed by atoms with E-state index < -0.39 is 34.1 Å². The zero-order valence-corrected chi connectivity index (χ0v) is 21.6. The number of aromatic nitrogens is 4. The van der Waals surface area contributed by atoms with Crippen molar-refractivity contribution in [2.75, 3.05) is 18.2 Å². The zero-order valence-electron chi connectivity index (χ0n) is 20.7. The SMILES string of the molecule is [C-]#[N+]c1cccc(Cc2cc(Nc3ccc(F)cc3S(C)(=O)=O)c3nc(C(F)F)n(C4CCCCO4)c3n2)n1. The molecule has 3 aromatic heterocycles. The molecule has 0 saturated carbocycles. The fourth-order valence-electron chi connectivity index (χ4n) is 4.55. The van der Waals surface area contributed by atoms with Gasteiger partial charge in [0.15, 0.2) is 21.3 Å². The number of halogens is 3. The van der Waals surface area contributed by atoms with Crippen molar-refractivity contribution in [1.29, 1.82) is 0 Å². The molecule has 13 heteroatoms. The summed E-state index contributed by atoms with van der Waals surface area (Å²) >= 11 is 0. The summed E-state index contributed by atoms with van der Waals surface area (Å²) in [6.07, 6.45) is -0.471. The lowest BCUT2D eigenvalue weighted by molar-refractivity contribution is -0.0363. The first-order valence-corrected chi connectivity index (χ1v) is 13.9. The molecule has 9 nitrogen and oxygen atoms in total. The van der Waals surface area contributed by atoms with Crippen LogP contribution in [0.15, 0.2) is 47.4 Å². The van der Waals surface area contributed by atoms with E-state index in [0.717, 1.165) is 31.2 Å². The summed E-state index contributed by atoms with van der Waals surface area (Å²) in [6, 6.07) is 9.74. The number of fused-ring (bicyclic) bond motifs is 1. The monoisotopic (exact) mass is 556 g/mol. The van der Waals surface area contributed by atoms with Crippen LogP contribution < -0.4 is 5.32 Å². The Morgan fingerprint density at radius 1 is 1.13 bits per heavy atom. The highest BCUT2D eigenvalue weighted by molar-refractivity contribution is 7.90. The molecule has 4 heterocycles. The van der Waals surface area contributed by atoms with Crippen LogP contribution in [0.3, 0.4) is 0 Å². The van der Waals surface area contributed by atoms with Crippen LogP contribution in [0.25, 0.3) is 16.0 Å². The topological polar surface area (TPSA) is 103 Å². The number of hydrogen-bond donors (Lipinski definition) is 1. The third-order valence-electron chi connectivity index (χ3n) is 6.25. The fraction of sp³-hybridized carbons (Fsp3) is 0.308. The van der Waals surface area contributed by atoms with Gasteiger partial charge in [0.25, 0.3) is 12.2 Å². The molecular weight excluding hydrogens is 533 g/mol. The van der Waals surface area contributed by atoms with Crippen molar-refractivity contribution >= 4 is 38.2 Å². The van der Waals surface area contributed by atoms with E-state index >= 15 is 0 Å². The second kappa shape index (κ2) is 10.6. The van der Waals surface area contributed by atoms with Crippen molar-refractivity contribution < 1.29 is 26.3 Å². The van der Waals surface area contributed by atoms with E-state index in [0.29, 0.717) is 24.4 Å². The van der Waals surface area contributed by atoms with Crippen LogP contribution in [-0.2, 0) is 21.0 Å². The molecule has 0 spiro atoms. The van der Waals surface area contributed by atoms with Crippen molar-refractivity contribution in [3.63, 3.8) is 0 Å². The van der Waals surface area contributed by atoms with E-state index in [2.05, 4.69) is 25.1 Å². The number of rotatable bonds is 7. The van der Waals surface area contributed by atoms with Crippen molar-refractivity contribution in [3.05, 3.63) is 76.9 Å². The lowest BCUT2D eigenvalue weighted by atomic mass is 10.1. The van der Waals surface area contributed by atoms with E-state index in [-0.39, 0.29) is 39.7 Å². The van der Waals surface area contributed by atoms with Crippen LogP contribution in [0.2, 0.25) is 0 Å². The van der Waals surface area contributed by atoms with Gasteiger partial charge >= 0.3 is 0 Å². The summed E-state index contributed by atoms with van der Waals surface area (Å²) in [5.41, 5.74) is 1.38. The van der Waals surface area contributed by atoms with Gasteiger partial charge in [0, 0.05) is 12.9 Å². The average molecular weight is 557 g/mol. The minimum atomic E-state index is -3.85. The highest BCUT2D eigenvalue weighted by Crippen LogP contribution is 2.36. The predicted molar refractivity (Wildman–Crippen MR) is 137 cm³/mol. The van der Waals surface area contributed by atoms with Crippen LogP contribution in [0.1, 0.15) is 49.1 Å². The quantitative estimate of drug-likeness (QED) is 0.283. The Balaban J connectivity index is 1.71. The maximum atomic E-state index is 14.2. The maximum absolute atomic E-state index is 14.2. The molecule has 1 fully saturated rings. The van der Waals surface area contributed by atoms with E-state index in [1.54, 1.807) is 24.3 Å². The first kappa shape index (κ1) is 26.6. The van der Waals surface area contributed by atoms with Crippen LogP contribution in [0.5, 0.6) is 0 Å². The molecule has 1 aliphatic rings. The molecule has 1 N–H and O–H groups in total. The van der Waals surface area contributed by atoms with Crippen molar-refractivity contribution in [2.24, 2.45) is 0 Å². The second-order valence-electron chi connectivity index (χ2n) is 9.11. The summed E-state index contributed by atoms with van der Waals surface area (Å²) in [4.78, 5) is 16.2. The number of alkyl halides is 2. The molecule has 5 rings (SSSR count). The lowest BCUT2D eigenvalue weighted by Crippen LogP contribution is -2.20. The van der Waals surface area contributed by atoms with Crippen LogP contribution in [-0.4, -0.2) is 40.8 Å². The van der Waals surface area contributed by atoms with Gasteiger partial charge in [-0.15, -0.1) is 4.98 Å². The Kier molecular flexibility index (Phi) is 7.24. The molecule has 1 aliphatic heterocycles. The van der Waals surface area contributed by atoms with Gasteiger partial charge in [0.2, 0.25) is 0 Å². The third-order valence-corrected chi connectivity index (χ3v) is 7.39. The maximum Gasteiger partial charge on any atom is 0.295 e. The van der Waals surface area contributed by atoms with E-state index in [4.69, 9.17) is 11.3 Å². The van der Waals surface area contributed by atoms with E-state index in [9.17, 15) is 21.6 Å². The van der Waals surface area contributed by atoms with Gasteiger partial charge in [-0.2, -0.15) is 0 Å². The van der Waals surface area contributed by atoms with Gasteiger partial charge in [-0.25, -0.2) is 31.6 Å². The second-order valence-corrected chi connectivity index (χ2v) is 11.1. The highest BCUT2D eigenvalue weighted by atomic mass is 32.2. The predicted octanol–water partition coefficient (Wildman–Crippen LogP) is 5.89. The summed E-state index contributed by atoms with van der Waals surface area (Å²) in [5, 5.41) is 2.96. The number of hydrogen-bond acceptors (Lipinski definition) is 7. The molecule has 1 aromatic carbocycles. The molecule has 202 valence electrons. The summed E-state index contributed by atoms with van der Waals surface area (Å²) in [5.74, 6) is -1.08. The highest BCUT2D eigenvalue weighted by Gasteiger charge is 2.29. The molecule has 4 aromatic rings.